The average Bonchev–Trinajstić information content (AvgIpc) is 2.68. The molecule has 27 heavy (non-hydrogen) atoms. The van der Waals surface area contributed by atoms with Gasteiger partial charge >= 0.3 is 0 Å². The monoisotopic (exact) mass is 388 g/mol. The first-order chi connectivity index (χ1) is 13.1. The minimum Gasteiger partial charge on any atom is -0.486 e. The van der Waals surface area contributed by atoms with Crippen LogP contribution in [-0.4, -0.2) is 44.5 Å². The zero-order valence-corrected chi connectivity index (χ0v) is 15.6. The molecule has 0 atom stereocenters. The molecule has 0 saturated heterocycles. The molecular weight excluding hydrogens is 368 g/mol. The van der Waals surface area contributed by atoms with Gasteiger partial charge in [-0.3, -0.25) is 9.59 Å². The summed E-state index contributed by atoms with van der Waals surface area (Å²) in [5.41, 5.74) is 1.30. The Bertz CT molecular complexity index is 810. The van der Waals surface area contributed by atoms with Gasteiger partial charge in [-0.25, -0.2) is 0 Å². The summed E-state index contributed by atoms with van der Waals surface area (Å²) in [5, 5.41) is 5.52. The zero-order chi connectivity index (χ0) is 19.1. The van der Waals surface area contributed by atoms with E-state index in [1.54, 1.807) is 24.3 Å². The number of benzene rings is 2. The molecule has 2 amide bonds. The van der Waals surface area contributed by atoms with E-state index in [0.29, 0.717) is 30.3 Å². The van der Waals surface area contributed by atoms with Gasteiger partial charge in [0.1, 0.15) is 19.8 Å². The first-order valence-electron chi connectivity index (χ1n) is 8.35. The number of thioether (sulfide) groups is 1. The highest BCUT2D eigenvalue weighted by atomic mass is 32.2. The number of carbonyl (C=O) groups excluding carboxylic acids is 2. The third kappa shape index (κ3) is 5.63. The van der Waals surface area contributed by atoms with Crippen molar-refractivity contribution in [2.45, 2.75) is 4.90 Å². The van der Waals surface area contributed by atoms with Crippen LogP contribution in [0.4, 0.5) is 11.4 Å². The van der Waals surface area contributed by atoms with Crippen LogP contribution in [0.5, 0.6) is 11.5 Å². The van der Waals surface area contributed by atoms with Gasteiger partial charge < -0.3 is 24.8 Å². The molecule has 0 bridgehead atoms. The van der Waals surface area contributed by atoms with Crippen LogP contribution in [0.3, 0.4) is 0 Å². The Hall–Kier alpha value is -2.71. The van der Waals surface area contributed by atoms with E-state index < -0.39 is 0 Å². The minimum atomic E-state index is -0.231. The normalized spacial score (nSPS) is 12.3. The second kappa shape index (κ2) is 9.29. The van der Waals surface area contributed by atoms with Gasteiger partial charge in [0, 0.05) is 23.4 Å². The first-order valence-corrected chi connectivity index (χ1v) is 9.34. The van der Waals surface area contributed by atoms with Crippen LogP contribution in [0.15, 0.2) is 47.4 Å². The second-order valence-electron chi connectivity index (χ2n) is 5.70. The van der Waals surface area contributed by atoms with Crippen molar-refractivity contribution in [2.24, 2.45) is 0 Å². The molecule has 0 spiro atoms. The number of hydrogen-bond donors (Lipinski definition) is 2. The number of methoxy groups -OCH3 is 1. The van der Waals surface area contributed by atoms with Crippen molar-refractivity contribution in [3.8, 4) is 11.5 Å². The molecule has 1 aliphatic heterocycles. The molecular formula is C19H20N2O5S. The van der Waals surface area contributed by atoms with Crippen molar-refractivity contribution < 1.29 is 23.8 Å². The SMILES string of the molecule is COCC(=O)Nc1ccc(NC(=O)CSc2ccc3c(c2)OCCO3)cc1. The topological polar surface area (TPSA) is 85.9 Å². The van der Waals surface area contributed by atoms with Crippen molar-refractivity contribution >= 4 is 35.0 Å². The van der Waals surface area contributed by atoms with E-state index >= 15 is 0 Å². The largest absolute Gasteiger partial charge is 0.486 e. The fourth-order valence-corrected chi connectivity index (χ4v) is 3.15. The van der Waals surface area contributed by atoms with Gasteiger partial charge in [0.05, 0.1) is 5.75 Å². The van der Waals surface area contributed by atoms with E-state index in [2.05, 4.69) is 10.6 Å². The van der Waals surface area contributed by atoms with Crippen molar-refractivity contribution in [1.29, 1.82) is 0 Å². The number of amides is 2. The summed E-state index contributed by atoms with van der Waals surface area (Å²) in [6, 6.07) is 12.5. The second-order valence-corrected chi connectivity index (χ2v) is 6.75. The van der Waals surface area contributed by atoms with Crippen LogP contribution in [0.25, 0.3) is 0 Å². The number of nitrogens with one attached hydrogen (secondary N) is 2. The standard InChI is InChI=1S/C19H20N2O5S/c1-24-11-18(22)20-13-2-4-14(5-3-13)21-19(23)12-27-15-6-7-16-17(10-15)26-9-8-25-16/h2-7,10H,8-9,11-12H2,1H3,(H,20,22)(H,21,23). The lowest BCUT2D eigenvalue weighted by Crippen LogP contribution is -2.17. The molecule has 0 unspecified atom stereocenters. The van der Waals surface area contributed by atoms with Gasteiger partial charge in [-0.05, 0) is 42.5 Å². The van der Waals surface area contributed by atoms with Crippen LogP contribution in [-0.2, 0) is 14.3 Å². The van der Waals surface area contributed by atoms with Gasteiger partial charge in [0.2, 0.25) is 11.8 Å². The van der Waals surface area contributed by atoms with E-state index in [9.17, 15) is 9.59 Å². The average molecular weight is 388 g/mol. The number of hydrogen-bond acceptors (Lipinski definition) is 6. The van der Waals surface area contributed by atoms with Crippen LogP contribution in [0.1, 0.15) is 0 Å². The van der Waals surface area contributed by atoms with E-state index in [4.69, 9.17) is 14.2 Å². The number of rotatable bonds is 7. The van der Waals surface area contributed by atoms with E-state index in [-0.39, 0.29) is 24.2 Å². The summed E-state index contributed by atoms with van der Waals surface area (Å²) in [4.78, 5) is 24.5. The summed E-state index contributed by atoms with van der Waals surface area (Å²) in [5.74, 6) is 1.35. The summed E-state index contributed by atoms with van der Waals surface area (Å²) in [6.45, 7) is 1.08. The molecule has 0 aromatic heterocycles. The third-order valence-electron chi connectivity index (χ3n) is 3.61. The molecule has 8 heteroatoms. The lowest BCUT2D eigenvalue weighted by molar-refractivity contribution is -0.119. The van der Waals surface area contributed by atoms with E-state index in [1.165, 1.54) is 18.9 Å². The van der Waals surface area contributed by atoms with Crippen molar-refractivity contribution in [3.63, 3.8) is 0 Å². The summed E-state index contributed by atoms with van der Waals surface area (Å²) in [7, 11) is 1.46. The number of carbonyl (C=O) groups is 2. The minimum absolute atomic E-state index is 0.00440. The van der Waals surface area contributed by atoms with Gasteiger partial charge in [-0.2, -0.15) is 0 Å². The number of ether oxygens (including phenoxy) is 3. The maximum absolute atomic E-state index is 12.1. The molecule has 142 valence electrons. The predicted octanol–water partition coefficient (Wildman–Crippen LogP) is 2.77. The summed E-state index contributed by atoms with van der Waals surface area (Å²) >= 11 is 1.42. The number of fused-ring (bicyclic) bond motifs is 1. The van der Waals surface area contributed by atoms with E-state index in [0.717, 1.165) is 10.6 Å². The molecule has 0 fully saturated rings. The van der Waals surface area contributed by atoms with Gasteiger partial charge in [-0.1, -0.05) is 0 Å². The highest BCUT2D eigenvalue weighted by Gasteiger charge is 2.12. The van der Waals surface area contributed by atoms with Gasteiger partial charge in [-0.15, -0.1) is 11.8 Å². The Kier molecular flexibility index (Phi) is 6.56. The molecule has 0 saturated carbocycles. The lowest BCUT2D eigenvalue weighted by atomic mass is 10.2. The molecule has 2 aromatic rings. The molecule has 0 radical (unpaired) electrons. The summed E-state index contributed by atoms with van der Waals surface area (Å²) < 4.78 is 15.8. The van der Waals surface area contributed by atoms with Gasteiger partial charge in [0.15, 0.2) is 11.5 Å². The maximum Gasteiger partial charge on any atom is 0.250 e. The Labute approximate surface area is 161 Å². The Morgan fingerprint density at radius 2 is 1.59 bits per heavy atom. The highest BCUT2D eigenvalue weighted by Crippen LogP contribution is 2.34. The molecule has 0 aliphatic carbocycles. The molecule has 1 aliphatic rings. The van der Waals surface area contributed by atoms with Crippen molar-refractivity contribution in [3.05, 3.63) is 42.5 Å². The Morgan fingerprint density at radius 3 is 2.26 bits per heavy atom. The van der Waals surface area contributed by atoms with Crippen molar-refractivity contribution in [1.82, 2.24) is 0 Å². The summed E-state index contributed by atoms with van der Waals surface area (Å²) in [6.07, 6.45) is 0. The molecule has 2 N–H and O–H groups in total. The van der Waals surface area contributed by atoms with Crippen LogP contribution in [0, 0.1) is 0 Å². The quantitative estimate of drug-likeness (QED) is 0.710. The molecule has 2 aromatic carbocycles. The number of anilines is 2. The van der Waals surface area contributed by atoms with E-state index in [1.807, 2.05) is 18.2 Å². The Balaban J connectivity index is 1.48. The maximum atomic E-state index is 12.1. The predicted molar refractivity (Wildman–Crippen MR) is 104 cm³/mol. The fraction of sp³-hybridized carbons (Fsp3) is 0.263. The van der Waals surface area contributed by atoms with Crippen LogP contribution >= 0.6 is 11.8 Å². The molecule has 1 heterocycles. The smallest absolute Gasteiger partial charge is 0.250 e. The lowest BCUT2D eigenvalue weighted by Gasteiger charge is -2.18. The third-order valence-corrected chi connectivity index (χ3v) is 4.61. The van der Waals surface area contributed by atoms with Crippen LogP contribution < -0.4 is 20.1 Å². The Morgan fingerprint density at radius 1 is 0.963 bits per heavy atom. The van der Waals surface area contributed by atoms with Gasteiger partial charge in [0.25, 0.3) is 0 Å². The zero-order valence-electron chi connectivity index (χ0n) is 14.8. The highest BCUT2D eigenvalue weighted by molar-refractivity contribution is 8.00. The molecule has 7 nitrogen and oxygen atoms in total. The van der Waals surface area contributed by atoms with Crippen molar-refractivity contribution in [2.75, 3.05) is 43.3 Å². The molecule has 3 rings (SSSR count). The van der Waals surface area contributed by atoms with Crippen LogP contribution in [0.2, 0.25) is 0 Å². The fourth-order valence-electron chi connectivity index (χ4n) is 2.42. The first kappa shape index (κ1) is 19.1.